The van der Waals surface area contributed by atoms with Gasteiger partial charge in [-0.15, -0.1) is 12.4 Å². The summed E-state index contributed by atoms with van der Waals surface area (Å²) < 4.78 is 5.40. The summed E-state index contributed by atoms with van der Waals surface area (Å²) in [6, 6.07) is 17.8. The summed E-state index contributed by atoms with van der Waals surface area (Å²) in [4.78, 5) is 14.5. The molecule has 1 fully saturated rings. The van der Waals surface area contributed by atoms with Crippen molar-refractivity contribution in [3.8, 4) is 11.1 Å². The Labute approximate surface area is 150 Å². The Kier molecular flexibility index (Phi) is 7.29. The summed E-state index contributed by atoms with van der Waals surface area (Å²) in [5.74, 6) is -0.235. The number of nitrogens with zero attached hydrogens (tertiary/aromatic N) is 1. The molecule has 0 aromatic heterocycles. The van der Waals surface area contributed by atoms with Crippen molar-refractivity contribution < 1.29 is 9.53 Å². The number of likely N-dealkylation sites (tertiary alicyclic amines) is 1. The van der Waals surface area contributed by atoms with Gasteiger partial charge in [0.1, 0.15) is 6.61 Å². The van der Waals surface area contributed by atoms with Crippen molar-refractivity contribution in [1.82, 2.24) is 4.90 Å². The maximum Gasteiger partial charge on any atom is 0.338 e. The summed E-state index contributed by atoms with van der Waals surface area (Å²) >= 11 is 0. The lowest BCUT2D eigenvalue weighted by Gasteiger charge is -2.25. The zero-order chi connectivity index (χ0) is 15.9. The molecule has 0 spiro atoms. The first-order valence-corrected chi connectivity index (χ1v) is 8.38. The average Bonchev–Trinajstić information content (AvgIpc) is 2.63. The lowest BCUT2D eigenvalue weighted by atomic mass is 10.0. The molecule has 2 aromatic carbocycles. The maximum atomic E-state index is 12.1. The zero-order valence-corrected chi connectivity index (χ0v) is 14.6. The summed E-state index contributed by atoms with van der Waals surface area (Å²) in [5.41, 5.74) is 2.87. The molecule has 0 amide bonds. The lowest BCUT2D eigenvalue weighted by Crippen LogP contribution is -2.33. The first-order valence-electron chi connectivity index (χ1n) is 8.38. The van der Waals surface area contributed by atoms with E-state index in [1.165, 1.54) is 19.3 Å². The van der Waals surface area contributed by atoms with Gasteiger partial charge in [-0.05, 0) is 49.2 Å². The molecule has 0 saturated carbocycles. The molecule has 0 aliphatic carbocycles. The SMILES string of the molecule is Cl.O=C(OCCN1CCCCC1)c1ccc(-c2ccccc2)cc1. The second-order valence-electron chi connectivity index (χ2n) is 5.98. The minimum Gasteiger partial charge on any atom is -0.461 e. The van der Waals surface area contributed by atoms with Crippen LogP contribution in [0.4, 0.5) is 0 Å². The monoisotopic (exact) mass is 345 g/mol. The highest BCUT2D eigenvalue weighted by Crippen LogP contribution is 2.19. The number of piperidine rings is 1. The summed E-state index contributed by atoms with van der Waals surface area (Å²) in [6.07, 6.45) is 3.84. The Morgan fingerprint density at radius 2 is 1.50 bits per heavy atom. The Morgan fingerprint density at radius 3 is 2.17 bits per heavy atom. The van der Waals surface area contributed by atoms with Crippen LogP contribution in [-0.4, -0.2) is 37.1 Å². The van der Waals surface area contributed by atoms with E-state index in [9.17, 15) is 4.79 Å². The molecule has 1 aliphatic rings. The molecule has 0 atom stereocenters. The first-order chi connectivity index (χ1) is 11.3. The van der Waals surface area contributed by atoms with Crippen LogP contribution in [0.2, 0.25) is 0 Å². The van der Waals surface area contributed by atoms with E-state index in [0.29, 0.717) is 12.2 Å². The Bertz CT molecular complexity index is 622. The van der Waals surface area contributed by atoms with Crippen LogP contribution in [0.1, 0.15) is 29.6 Å². The van der Waals surface area contributed by atoms with Crippen LogP contribution in [0.5, 0.6) is 0 Å². The second-order valence-corrected chi connectivity index (χ2v) is 5.98. The first kappa shape index (κ1) is 18.5. The van der Waals surface area contributed by atoms with E-state index >= 15 is 0 Å². The lowest BCUT2D eigenvalue weighted by molar-refractivity contribution is 0.0452. The number of ether oxygens (including phenoxy) is 1. The molecule has 2 aromatic rings. The van der Waals surface area contributed by atoms with Gasteiger partial charge in [0, 0.05) is 6.54 Å². The highest BCUT2D eigenvalue weighted by molar-refractivity contribution is 5.90. The topological polar surface area (TPSA) is 29.5 Å². The van der Waals surface area contributed by atoms with Gasteiger partial charge in [-0.1, -0.05) is 48.9 Å². The van der Waals surface area contributed by atoms with Crippen LogP contribution >= 0.6 is 12.4 Å². The quantitative estimate of drug-likeness (QED) is 0.751. The van der Waals surface area contributed by atoms with Crippen molar-refractivity contribution in [2.45, 2.75) is 19.3 Å². The van der Waals surface area contributed by atoms with Crippen molar-refractivity contribution in [2.24, 2.45) is 0 Å². The van der Waals surface area contributed by atoms with E-state index in [4.69, 9.17) is 4.74 Å². The third kappa shape index (κ3) is 5.08. The number of carbonyl (C=O) groups excluding carboxylic acids is 1. The molecule has 24 heavy (non-hydrogen) atoms. The Hall–Kier alpha value is -1.84. The highest BCUT2D eigenvalue weighted by atomic mass is 35.5. The average molecular weight is 346 g/mol. The van der Waals surface area contributed by atoms with Crippen LogP contribution in [0.3, 0.4) is 0 Å². The number of benzene rings is 2. The van der Waals surface area contributed by atoms with E-state index in [2.05, 4.69) is 17.0 Å². The van der Waals surface area contributed by atoms with Crippen LogP contribution in [-0.2, 0) is 4.74 Å². The van der Waals surface area contributed by atoms with Crippen molar-refractivity contribution in [2.75, 3.05) is 26.2 Å². The van der Waals surface area contributed by atoms with Gasteiger partial charge in [-0.3, -0.25) is 4.90 Å². The zero-order valence-electron chi connectivity index (χ0n) is 13.8. The van der Waals surface area contributed by atoms with Crippen LogP contribution in [0.15, 0.2) is 54.6 Å². The molecular formula is C20H24ClNO2. The van der Waals surface area contributed by atoms with E-state index in [0.717, 1.165) is 30.8 Å². The fraction of sp³-hybridized carbons (Fsp3) is 0.350. The number of halogens is 1. The van der Waals surface area contributed by atoms with E-state index in [1.807, 2.05) is 42.5 Å². The molecule has 0 radical (unpaired) electrons. The van der Waals surface area contributed by atoms with E-state index in [-0.39, 0.29) is 18.4 Å². The number of carbonyl (C=O) groups is 1. The molecule has 0 bridgehead atoms. The molecule has 128 valence electrons. The molecule has 0 N–H and O–H groups in total. The van der Waals surface area contributed by atoms with Crippen LogP contribution in [0, 0.1) is 0 Å². The third-order valence-corrected chi connectivity index (χ3v) is 4.32. The maximum absolute atomic E-state index is 12.1. The summed E-state index contributed by atoms with van der Waals surface area (Å²) in [6.45, 7) is 3.57. The second kappa shape index (κ2) is 9.45. The molecule has 0 unspecified atom stereocenters. The van der Waals surface area contributed by atoms with Gasteiger partial charge in [0.05, 0.1) is 5.56 Å². The van der Waals surface area contributed by atoms with Gasteiger partial charge in [0.15, 0.2) is 0 Å². The molecule has 3 nitrogen and oxygen atoms in total. The fourth-order valence-electron chi connectivity index (χ4n) is 2.96. The van der Waals surface area contributed by atoms with Crippen molar-refractivity contribution in [1.29, 1.82) is 0 Å². The Balaban J connectivity index is 0.00000208. The van der Waals surface area contributed by atoms with Gasteiger partial charge >= 0.3 is 5.97 Å². The number of rotatable bonds is 5. The van der Waals surface area contributed by atoms with Gasteiger partial charge in [0.2, 0.25) is 0 Å². The van der Waals surface area contributed by atoms with Crippen molar-refractivity contribution in [3.63, 3.8) is 0 Å². The predicted molar refractivity (Wildman–Crippen MR) is 99.7 cm³/mol. The van der Waals surface area contributed by atoms with Crippen molar-refractivity contribution >= 4 is 18.4 Å². The normalized spacial score (nSPS) is 14.7. The number of hydrogen-bond donors (Lipinski definition) is 0. The molecule has 1 aliphatic heterocycles. The van der Waals surface area contributed by atoms with Crippen LogP contribution in [0.25, 0.3) is 11.1 Å². The van der Waals surface area contributed by atoms with Crippen LogP contribution < -0.4 is 0 Å². The molecule has 1 saturated heterocycles. The minimum absolute atomic E-state index is 0. The van der Waals surface area contributed by atoms with Gasteiger partial charge in [0.25, 0.3) is 0 Å². The number of esters is 1. The predicted octanol–water partition coefficient (Wildman–Crippen LogP) is 4.42. The standard InChI is InChI=1S/C20H23NO2.ClH/c22-20(23-16-15-21-13-5-2-6-14-21)19-11-9-18(10-12-19)17-7-3-1-4-8-17;/h1,3-4,7-12H,2,5-6,13-16H2;1H. The smallest absolute Gasteiger partial charge is 0.338 e. The minimum atomic E-state index is -0.235. The van der Waals surface area contributed by atoms with Gasteiger partial charge in [-0.2, -0.15) is 0 Å². The molecular weight excluding hydrogens is 322 g/mol. The van der Waals surface area contributed by atoms with Gasteiger partial charge < -0.3 is 4.74 Å². The van der Waals surface area contributed by atoms with Crippen molar-refractivity contribution in [3.05, 3.63) is 60.2 Å². The third-order valence-electron chi connectivity index (χ3n) is 4.32. The highest BCUT2D eigenvalue weighted by Gasteiger charge is 2.12. The summed E-state index contributed by atoms with van der Waals surface area (Å²) in [5, 5.41) is 0. The fourth-order valence-corrected chi connectivity index (χ4v) is 2.96. The Morgan fingerprint density at radius 1 is 0.875 bits per heavy atom. The molecule has 3 rings (SSSR count). The largest absolute Gasteiger partial charge is 0.461 e. The van der Waals surface area contributed by atoms with E-state index in [1.54, 1.807) is 0 Å². The van der Waals surface area contributed by atoms with Gasteiger partial charge in [-0.25, -0.2) is 4.79 Å². The summed E-state index contributed by atoms with van der Waals surface area (Å²) in [7, 11) is 0. The molecule has 1 heterocycles. The number of hydrogen-bond acceptors (Lipinski definition) is 3. The van der Waals surface area contributed by atoms with E-state index < -0.39 is 0 Å². The molecule has 4 heteroatoms.